The van der Waals surface area contributed by atoms with Crippen LogP contribution >= 0.6 is 34.8 Å². The molecule has 142 valence electrons. The first-order valence-corrected chi connectivity index (χ1v) is 9.84. The van der Waals surface area contributed by atoms with Crippen LogP contribution in [0.4, 0.5) is 0 Å². The van der Waals surface area contributed by atoms with Crippen LogP contribution in [0.1, 0.15) is 28.8 Å². The molecule has 7 heteroatoms. The predicted molar refractivity (Wildman–Crippen MR) is 109 cm³/mol. The largest absolute Gasteiger partial charge is 0.353 e. The highest BCUT2D eigenvalue weighted by atomic mass is 35.5. The molecule has 3 rings (SSSR count). The van der Waals surface area contributed by atoms with E-state index < -0.39 is 0 Å². The number of amides is 2. The molecule has 0 aliphatic carbocycles. The van der Waals surface area contributed by atoms with Crippen molar-refractivity contribution in [2.45, 2.75) is 25.3 Å². The van der Waals surface area contributed by atoms with E-state index in [1.807, 2.05) is 12.1 Å². The van der Waals surface area contributed by atoms with Crippen molar-refractivity contribution in [3.05, 3.63) is 68.7 Å². The van der Waals surface area contributed by atoms with Gasteiger partial charge in [-0.3, -0.25) is 9.59 Å². The van der Waals surface area contributed by atoms with Crippen molar-refractivity contribution in [3.63, 3.8) is 0 Å². The zero-order chi connectivity index (χ0) is 19.4. The smallest absolute Gasteiger partial charge is 0.253 e. The number of hydrogen-bond donors (Lipinski definition) is 1. The van der Waals surface area contributed by atoms with Crippen LogP contribution in [0.2, 0.25) is 15.1 Å². The van der Waals surface area contributed by atoms with Gasteiger partial charge < -0.3 is 10.2 Å². The maximum atomic E-state index is 12.6. The number of hydrogen-bond acceptors (Lipinski definition) is 2. The Balaban J connectivity index is 1.49. The van der Waals surface area contributed by atoms with Crippen LogP contribution in [0.15, 0.2) is 42.5 Å². The molecule has 0 bridgehead atoms. The van der Waals surface area contributed by atoms with Crippen LogP contribution in [-0.4, -0.2) is 35.8 Å². The number of likely N-dealkylation sites (tertiary alicyclic amines) is 1. The highest BCUT2D eigenvalue weighted by Crippen LogP contribution is 2.24. The van der Waals surface area contributed by atoms with Crippen molar-refractivity contribution in [1.82, 2.24) is 10.2 Å². The van der Waals surface area contributed by atoms with Gasteiger partial charge in [-0.25, -0.2) is 0 Å². The van der Waals surface area contributed by atoms with Crippen molar-refractivity contribution >= 4 is 46.6 Å². The number of nitrogens with zero attached hydrogens (tertiary/aromatic N) is 1. The average Bonchev–Trinajstić information content (AvgIpc) is 2.66. The lowest BCUT2D eigenvalue weighted by Gasteiger charge is -2.32. The Bertz CT molecular complexity index is 832. The third kappa shape index (κ3) is 5.38. The fraction of sp³-hybridized carbons (Fsp3) is 0.300. The summed E-state index contributed by atoms with van der Waals surface area (Å²) in [6.45, 7) is 1.18. The van der Waals surface area contributed by atoms with Gasteiger partial charge in [-0.05, 0) is 48.7 Å². The summed E-state index contributed by atoms with van der Waals surface area (Å²) in [7, 11) is 0. The second-order valence-electron chi connectivity index (χ2n) is 6.57. The molecule has 0 aromatic heterocycles. The normalized spacial score (nSPS) is 14.9. The first-order chi connectivity index (χ1) is 12.9. The van der Waals surface area contributed by atoms with Gasteiger partial charge >= 0.3 is 0 Å². The van der Waals surface area contributed by atoms with Gasteiger partial charge in [0, 0.05) is 29.7 Å². The van der Waals surface area contributed by atoms with Crippen molar-refractivity contribution in [3.8, 4) is 0 Å². The van der Waals surface area contributed by atoms with Gasteiger partial charge in [0.15, 0.2) is 0 Å². The van der Waals surface area contributed by atoms with Gasteiger partial charge in [0.05, 0.1) is 16.5 Å². The van der Waals surface area contributed by atoms with Crippen molar-refractivity contribution < 1.29 is 9.59 Å². The monoisotopic (exact) mass is 424 g/mol. The average molecular weight is 426 g/mol. The van der Waals surface area contributed by atoms with Gasteiger partial charge in [-0.15, -0.1) is 0 Å². The zero-order valence-electron chi connectivity index (χ0n) is 14.6. The molecule has 0 unspecified atom stereocenters. The molecule has 0 radical (unpaired) electrons. The summed E-state index contributed by atoms with van der Waals surface area (Å²) < 4.78 is 0. The van der Waals surface area contributed by atoms with Gasteiger partial charge in [-0.2, -0.15) is 0 Å². The Labute approximate surface area is 173 Å². The number of carbonyl (C=O) groups excluding carboxylic acids is 2. The van der Waals surface area contributed by atoms with E-state index in [9.17, 15) is 9.59 Å². The van der Waals surface area contributed by atoms with Crippen LogP contribution < -0.4 is 5.32 Å². The van der Waals surface area contributed by atoms with Crippen molar-refractivity contribution in [2.75, 3.05) is 13.1 Å². The van der Waals surface area contributed by atoms with E-state index >= 15 is 0 Å². The van der Waals surface area contributed by atoms with E-state index in [1.165, 1.54) is 0 Å². The van der Waals surface area contributed by atoms with Gasteiger partial charge in [0.1, 0.15) is 0 Å². The van der Waals surface area contributed by atoms with E-state index in [4.69, 9.17) is 34.8 Å². The minimum absolute atomic E-state index is 0.0217. The molecule has 2 aromatic carbocycles. The summed E-state index contributed by atoms with van der Waals surface area (Å²) in [6, 6.07) is 12.2. The fourth-order valence-electron chi connectivity index (χ4n) is 3.11. The summed E-state index contributed by atoms with van der Waals surface area (Å²) in [5, 5.41) is 4.49. The Morgan fingerprint density at radius 1 is 0.963 bits per heavy atom. The van der Waals surface area contributed by atoms with Crippen molar-refractivity contribution in [2.24, 2.45) is 0 Å². The number of halogens is 3. The molecule has 1 heterocycles. The molecule has 1 aliphatic rings. The molecule has 0 saturated carbocycles. The van der Waals surface area contributed by atoms with E-state index in [1.54, 1.807) is 35.2 Å². The Hall–Kier alpha value is -1.75. The first kappa shape index (κ1) is 20.0. The second kappa shape index (κ2) is 8.96. The fourth-order valence-corrected chi connectivity index (χ4v) is 3.53. The number of nitrogens with one attached hydrogen (secondary N) is 1. The molecule has 1 N–H and O–H groups in total. The summed E-state index contributed by atoms with van der Waals surface area (Å²) in [6.07, 6.45) is 1.76. The standard InChI is InChI=1S/C20H19Cl3N2O2/c21-15-4-1-13(2-5-15)11-19(26)24-16-7-9-25(10-8-16)20(27)14-3-6-17(22)18(23)12-14/h1-6,12,16H,7-11H2,(H,24,26). The maximum absolute atomic E-state index is 12.6. The van der Waals surface area contributed by atoms with Gasteiger partial charge in [0.25, 0.3) is 5.91 Å². The molecule has 1 saturated heterocycles. The quantitative estimate of drug-likeness (QED) is 0.777. The molecule has 1 aliphatic heterocycles. The Kier molecular flexibility index (Phi) is 6.64. The second-order valence-corrected chi connectivity index (χ2v) is 7.82. The molecular formula is C20H19Cl3N2O2. The lowest BCUT2D eigenvalue weighted by atomic mass is 10.0. The molecule has 2 amide bonds. The molecular weight excluding hydrogens is 407 g/mol. The molecule has 0 atom stereocenters. The van der Waals surface area contributed by atoms with E-state index in [2.05, 4.69) is 5.32 Å². The molecule has 0 spiro atoms. The van der Waals surface area contributed by atoms with Gasteiger partial charge in [-0.1, -0.05) is 46.9 Å². The Morgan fingerprint density at radius 2 is 1.63 bits per heavy atom. The van der Waals surface area contributed by atoms with Crippen LogP contribution in [-0.2, 0) is 11.2 Å². The van der Waals surface area contributed by atoms with E-state index in [0.717, 1.165) is 18.4 Å². The topological polar surface area (TPSA) is 49.4 Å². The first-order valence-electron chi connectivity index (χ1n) is 8.70. The summed E-state index contributed by atoms with van der Waals surface area (Å²) in [5.41, 5.74) is 1.44. The minimum Gasteiger partial charge on any atom is -0.353 e. The number of carbonyl (C=O) groups is 2. The summed E-state index contributed by atoms with van der Waals surface area (Å²) in [4.78, 5) is 26.6. The van der Waals surface area contributed by atoms with Crippen LogP contribution in [0.5, 0.6) is 0 Å². The van der Waals surface area contributed by atoms with Crippen LogP contribution in [0, 0.1) is 0 Å². The predicted octanol–water partition coefficient (Wildman–Crippen LogP) is 4.61. The molecule has 1 fully saturated rings. The molecule has 27 heavy (non-hydrogen) atoms. The van der Waals surface area contributed by atoms with E-state index in [0.29, 0.717) is 40.1 Å². The Morgan fingerprint density at radius 3 is 2.26 bits per heavy atom. The van der Waals surface area contributed by atoms with Crippen molar-refractivity contribution in [1.29, 1.82) is 0 Å². The molecule has 4 nitrogen and oxygen atoms in total. The SMILES string of the molecule is O=C(Cc1ccc(Cl)cc1)NC1CCN(C(=O)c2ccc(Cl)c(Cl)c2)CC1. The maximum Gasteiger partial charge on any atom is 0.253 e. The van der Waals surface area contributed by atoms with Crippen LogP contribution in [0.25, 0.3) is 0 Å². The van der Waals surface area contributed by atoms with Gasteiger partial charge in [0.2, 0.25) is 5.91 Å². The third-order valence-corrected chi connectivity index (χ3v) is 5.58. The van der Waals surface area contributed by atoms with E-state index in [-0.39, 0.29) is 17.9 Å². The highest BCUT2D eigenvalue weighted by molar-refractivity contribution is 6.42. The third-order valence-electron chi connectivity index (χ3n) is 4.59. The summed E-state index contributed by atoms with van der Waals surface area (Å²) in [5.74, 6) is -0.0916. The molecule has 2 aromatic rings. The highest BCUT2D eigenvalue weighted by Gasteiger charge is 2.25. The number of piperidine rings is 1. The zero-order valence-corrected chi connectivity index (χ0v) is 16.8. The lowest BCUT2D eigenvalue weighted by Crippen LogP contribution is -2.46. The summed E-state index contributed by atoms with van der Waals surface area (Å²) >= 11 is 17.8. The lowest BCUT2D eigenvalue weighted by molar-refractivity contribution is -0.121. The number of rotatable bonds is 4. The van der Waals surface area contributed by atoms with Crippen LogP contribution in [0.3, 0.4) is 0 Å². The number of benzene rings is 2. The minimum atomic E-state index is -0.0699.